The average molecular weight is 475 g/mol. The number of hydrogen-bond donors (Lipinski definition) is 2. The minimum Gasteiger partial charge on any atom is -0.425 e. The molecule has 0 radical (unpaired) electrons. The molecule has 2 aromatic heterocycles. The summed E-state index contributed by atoms with van der Waals surface area (Å²) < 4.78 is 8.69. The summed E-state index contributed by atoms with van der Waals surface area (Å²) in [6.45, 7) is 0.239. The molecule has 0 spiro atoms. The Kier molecular flexibility index (Phi) is 6.36. The lowest BCUT2D eigenvalue weighted by Gasteiger charge is -2.13. The number of fused-ring (bicyclic) bond motifs is 1. The van der Waals surface area contributed by atoms with Crippen LogP contribution in [0.2, 0.25) is 10.0 Å². The Morgan fingerprint density at radius 2 is 1.88 bits per heavy atom. The Hall–Kier alpha value is -3.07. The first-order valence-corrected chi connectivity index (χ1v) is 10.6. The second-order valence-corrected chi connectivity index (χ2v) is 8.24. The van der Waals surface area contributed by atoms with Crippen LogP contribution < -0.4 is 16.0 Å². The van der Waals surface area contributed by atoms with Crippen LogP contribution in [0.5, 0.6) is 11.8 Å². The smallest absolute Gasteiger partial charge is 0.329 e. The summed E-state index contributed by atoms with van der Waals surface area (Å²) in [5.74, 6) is 0.428. The summed E-state index contributed by atoms with van der Waals surface area (Å²) in [5.41, 5.74) is 0.145. The van der Waals surface area contributed by atoms with E-state index in [1.165, 1.54) is 11.6 Å². The van der Waals surface area contributed by atoms with Crippen molar-refractivity contribution in [2.45, 2.75) is 25.5 Å². The number of hydrogen-bond acceptors (Lipinski definition) is 5. The summed E-state index contributed by atoms with van der Waals surface area (Å²) in [5, 5.41) is 11.7. The van der Waals surface area contributed by atoms with E-state index in [1.54, 1.807) is 41.0 Å². The van der Waals surface area contributed by atoms with E-state index in [2.05, 4.69) is 9.97 Å². The van der Waals surface area contributed by atoms with Gasteiger partial charge >= 0.3 is 11.7 Å². The van der Waals surface area contributed by atoms with Crippen LogP contribution in [0.25, 0.3) is 11.2 Å². The van der Waals surface area contributed by atoms with Crippen molar-refractivity contribution in [1.82, 2.24) is 19.1 Å². The van der Waals surface area contributed by atoms with E-state index >= 15 is 0 Å². The van der Waals surface area contributed by atoms with Gasteiger partial charge in [-0.15, -0.1) is 0 Å². The highest BCUT2D eigenvalue weighted by molar-refractivity contribution is 6.30. The quantitative estimate of drug-likeness (QED) is 0.426. The Morgan fingerprint density at radius 1 is 1.12 bits per heavy atom. The van der Waals surface area contributed by atoms with Gasteiger partial charge in [0.2, 0.25) is 0 Å². The molecule has 4 aromatic rings. The van der Waals surface area contributed by atoms with Gasteiger partial charge in [0.05, 0.1) is 6.10 Å². The molecule has 166 valence electrons. The van der Waals surface area contributed by atoms with E-state index in [9.17, 15) is 14.7 Å². The molecule has 0 saturated carbocycles. The molecule has 10 heteroatoms. The topological polar surface area (TPSA) is 102 Å². The molecule has 2 N–H and O–H groups in total. The fraction of sp³-hybridized carbons (Fsp3) is 0.227. The second kappa shape index (κ2) is 9.20. The molecule has 0 bridgehead atoms. The minimum absolute atomic E-state index is 0.118. The molecular weight excluding hydrogens is 455 g/mol. The fourth-order valence-electron chi connectivity index (χ4n) is 3.41. The fourth-order valence-corrected chi connectivity index (χ4v) is 3.71. The highest BCUT2D eigenvalue weighted by Gasteiger charge is 2.20. The zero-order chi connectivity index (χ0) is 22.8. The number of rotatable bonds is 7. The third-order valence-corrected chi connectivity index (χ3v) is 5.53. The van der Waals surface area contributed by atoms with Gasteiger partial charge in [-0.1, -0.05) is 41.4 Å². The molecule has 32 heavy (non-hydrogen) atoms. The van der Waals surface area contributed by atoms with Crippen LogP contribution in [0.3, 0.4) is 0 Å². The molecule has 2 aromatic carbocycles. The van der Waals surface area contributed by atoms with Gasteiger partial charge in [0.15, 0.2) is 11.2 Å². The summed E-state index contributed by atoms with van der Waals surface area (Å²) in [4.78, 5) is 31.3. The van der Waals surface area contributed by atoms with Gasteiger partial charge in [-0.3, -0.25) is 18.9 Å². The van der Waals surface area contributed by atoms with E-state index in [1.807, 2.05) is 12.1 Å². The van der Waals surface area contributed by atoms with Gasteiger partial charge in [0, 0.05) is 23.6 Å². The monoisotopic (exact) mass is 474 g/mol. The lowest BCUT2D eigenvalue weighted by molar-refractivity contribution is 0.158. The number of benzene rings is 2. The molecule has 8 nitrogen and oxygen atoms in total. The SMILES string of the molecule is Cn1c(=O)[nH]c(=O)c2c1nc(Oc1cccc(Cl)c1)n2CC[C@H](O)Cc1ccc(Cl)cc1. The van der Waals surface area contributed by atoms with Crippen molar-refractivity contribution >= 4 is 34.4 Å². The van der Waals surface area contributed by atoms with Crippen molar-refractivity contribution in [2.24, 2.45) is 7.05 Å². The summed E-state index contributed by atoms with van der Waals surface area (Å²) in [7, 11) is 1.51. The third-order valence-electron chi connectivity index (χ3n) is 5.05. The average Bonchev–Trinajstić information content (AvgIpc) is 3.11. The van der Waals surface area contributed by atoms with Crippen LogP contribution in [-0.4, -0.2) is 30.3 Å². The number of ether oxygens (including phenoxy) is 1. The first-order valence-electron chi connectivity index (χ1n) is 9.87. The van der Waals surface area contributed by atoms with Gasteiger partial charge in [-0.25, -0.2) is 4.79 Å². The Morgan fingerprint density at radius 3 is 2.59 bits per heavy atom. The number of aliphatic hydroxyl groups excluding tert-OH is 1. The minimum atomic E-state index is -0.681. The van der Waals surface area contributed by atoms with Gasteiger partial charge in [-0.05, 0) is 48.7 Å². The normalized spacial score (nSPS) is 12.2. The molecule has 0 aliphatic heterocycles. The molecule has 0 aliphatic rings. The lowest BCUT2D eigenvalue weighted by atomic mass is 10.1. The van der Waals surface area contributed by atoms with Crippen molar-refractivity contribution in [3.8, 4) is 11.8 Å². The first-order chi connectivity index (χ1) is 15.3. The van der Waals surface area contributed by atoms with E-state index in [0.29, 0.717) is 28.6 Å². The third kappa shape index (κ3) is 4.72. The number of nitrogens with one attached hydrogen (secondary N) is 1. The van der Waals surface area contributed by atoms with Crippen LogP contribution in [0.1, 0.15) is 12.0 Å². The van der Waals surface area contributed by atoms with E-state index in [0.717, 1.165) is 5.56 Å². The van der Waals surface area contributed by atoms with Crippen molar-refractivity contribution in [3.05, 3.63) is 85.0 Å². The number of imidazole rings is 1. The van der Waals surface area contributed by atoms with Crippen LogP contribution in [0, 0.1) is 0 Å². The highest BCUT2D eigenvalue weighted by atomic mass is 35.5. The Labute approximate surface area is 192 Å². The molecule has 0 unspecified atom stereocenters. The Bertz CT molecular complexity index is 1380. The maximum Gasteiger partial charge on any atom is 0.329 e. The predicted molar refractivity (Wildman–Crippen MR) is 123 cm³/mol. The summed E-state index contributed by atoms with van der Waals surface area (Å²) in [6.07, 6.45) is 0.0602. The van der Waals surface area contributed by atoms with Crippen LogP contribution in [0.4, 0.5) is 0 Å². The van der Waals surface area contributed by atoms with Gasteiger partial charge in [0.25, 0.3) is 5.56 Å². The predicted octanol–water partition coefficient (Wildman–Crippen LogP) is 3.52. The summed E-state index contributed by atoms with van der Waals surface area (Å²) >= 11 is 12.0. The number of halogens is 2. The maximum atomic E-state index is 12.6. The number of aromatic amines is 1. The maximum absolute atomic E-state index is 12.6. The second-order valence-electron chi connectivity index (χ2n) is 7.37. The van der Waals surface area contributed by atoms with Gasteiger partial charge in [0.1, 0.15) is 5.75 Å². The zero-order valence-electron chi connectivity index (χ0n) is 17.1. The van der Waals surface area contributed by atoms with Crippen LogP contribution >= 0.6 is 23.2 Å². The number of aromatic nitrogens is 4. The molecule has 0 amide bonds. The molecule has 0 fully saturated rings. The van der Waals surface area contributed by atoms with Crippen LogP contribution in [0.15, 0.2) is 58.1 Å². The molecule has 1 atom stereocenters. The molecule has 4 rings (SSSR count). The van der Waals surface area contributed by atoms with E-state index in [4.69, 9.17) is 27.9 Å². The lowest BCUT2D eigenvalue weighted by Crippen LogP contribution is -2.29. The zero-order valence-corrected chi connectivity index (χ0v) is 18.6. The number of H-pyrrole nitrogens is 1. The largest absolute Gasteiger partial charge is 0.425 e. The molecule has 0 saturated heterocycles. The summed E-state index contributed by atoms with van der Waals surface area (Å²) in [6, 6.07) is 14.1. The van der Waals surface area contributed by atoms with E-state index < -0.39 is 17.4 Å². The molecular formula is C22H20Cl2N4O4. The van der Waals surface area contributed by atoms with Gasteiger partial charge in [-0.2, -0.15) is 4.98 Å². The number of aryl methyl sites for hydroxylation is 2. The van der Waals surface area contributed by atoms with Crippen molar-refractivity contribution in [1.29, 1.82) is 0 Å². The van der Waals surface area contributed by atoms with Crippen LogP contribution in [-0.2, 0) is 20.0 Å². The standard InChI is InChI=1S/C22H20Cl2N4O4/c1-27-19-18(20(30)26-21(27)31)28(22(25-19)32-17-4-2-3-15(24)12-17)10-9-16(29)11-13-5-7-14(23)8-6-13/h2-8,12,16,29H,9-11H2,1H3,(H,26,30,31)/t16-/m0/s1. The van der Waals surface area contributed by atoms with Crippen molar-refractivity contribution in [2.75, 3.05) is 0 Å². The highest BCUT2D eigenvalue weighted by Crippen LogP contribution is 2.26. The first kappa shape index (κ1) is 22.1. The van der Waals surface area contributed by atoms with Crippen molar-refractivity contribution < 1.29 is 9.84 Å². The Balaban J connectivity index is 1.66. The van der Waals surface area contributed by atoms with Gasteiger partial charge < -0.3 is 9.84 Å². The molecule has 0 aliphatic carbocycles. The van der Waals surface area contributed by atoms with Crippen molar-refractivity contribution in [3.63, 3.8) is 0 Å². The number of aliphatic hydroxyl groups is 1. The molecule has 2 heterocycles. The number of nitrogens with zero attached hydrogens (tertiary/aromatic N) is 3. The van der Waals surface area contributed by atoms with E-state index in [-0.39, 0.29) is 23.7 Å².